The summed E-state index contributed by atoms with van der Waals surface area (Å²) in [6.07, 6.45) is 1.25. The normalized spacial score (nSPS) is 17.9. The quantitative estimate of drug-likeness (QED) is 0.511. The number of hydrogen-bond acceptors (Lipinski definition) is 5. The summed E-state index contributed by atoms with van der Waals surface area (Å²) >= 11 is 0. The molecule has 2 aliphatic heterocycles. The van der Waals surface area contributed by atoms with Crippen LogP contribution in [0.5, 0.6) is 5.75 Å². The zero-order valence-electron chi connectivity index (χ0n) is 22.5. The minimum absolute atomic E-state index is 0.0927. The number of methoxy groups -OCH3 is 2. The van der Waals surface area contributed by atoms with E-state index >= 15 is 0 Å². The molecule has 2 aliphatic rings. The van der Waals surface area contributed by atoms with Crippen LogP contribution in [-0.2, 0) is 22.6 Å². The summed E-state index contributed by atoms with van der Waals surface area (Å²) < 4.78 is 10.6. The van der Waals surface area contributed by atoms with E-state index in [0.29, 0.717) is 31.7 Å². The zero-order valence-corrected chi connectivity index (χ0v) is 22.5. The third-order valence-corrected chi connectivity index (χ3v) is 8.20. The Labute approximate surface area is 215 Å². The lowest BCUT2D eigenvalue weighted by Gasteiger charge is -2.42. The zero-order chi connectivity index (χ0) is 26.0. The van der Waals surface area contributed by atoms with Gasteiger partial charge in [0.25, 0.3) is 5.91 Å². The van der Waals surface area contributed by atoms with Gasteiger partial charge in [0, 0.05) is 33.3 Å². The van der Waals surface area contributed by atoms with E-state index in [-0.39, 0.29) is 18.5 Å². The van der Waals surface area contributed by atoms with Gasteiger partial charge >= 0.3 is 6.03 Å². The Kier molecular flexibility index (Phi) is 7.71. The minimum Gasteiger partial charge on any atom is -0.497 e. The van der Waals surface area contributed by atoms with Crippen LogP contribution in [-0.4, -0.2) is 72.6 Å². The minimum atomic E-state index is -0.808. The Hall–Kier alpha value is -2.90. The van der Waals surface area contributed by atoms with E-state index in [0.717, 1.165) is 25.2 Å². The number of imide groups is 1. The second-order valence-electron chi connectivity index (χ2n) is 10.2. The maximum absolute atomic E-state index is 13.9. The van der Waals surface area contributed by atoms with Crippen molar-refractivity contribution < 1.29 is 19.1 Å². The molecule has 36 heavy (non-hydrogen) atoms. The van der Waals surface area contributed by atoms with Gasteiger partial charge < -0.3 is 14.4 Å². The van der Waals surface area contributed by atoms with E-state index in [9.17, 15) is 9.59 Å². The van der Waals surface area contributed by atoms with Crippen molar-refractivity contribution >= 4 is 11.9 Å². The highest BCUT2D eigenvalue weighted by Crippen LogP contribution is 2.38. The molecule has 2 fully saturated rings. The molecule has 2 aromatic rings. The second kappa shape index (κ2) is 10.6. The number of hydrogen-bond donors (Lipinski definition) is 0. The van der Waals surface area contributed by atoms with Gasteiger partial charge in [0.2, 0.25) is 0 Å². The average Bonchev–Trinajstić information content (AvgIpc) is 3.06. The molecule has 3 amide bonds. The van der Waals surface area contributed by atoms with E-state index in [1.807, 2.05) is 24.3 Å². The first-order valence-corrected chi connectivity index (χ1v) is 12.8. The first-order chi connectivity index (χ1) is 17.2. The third kappa shape index (κ3) is 4.74. The third-order valence-electron chi connectivity index (χ3n) is 8.20. The largest absolute Gasteiger partial charge is 0.497 e. The molecule has 0 radical (unpaired) electrons. The predicted molar refractivity (Wildman–Crippen MR) is 140 cm³/mol. The summed E-state index contributed by atoms with van der Waals surface area (Å²) in [5.41, 5.74) is 6.77. The summed E-state index contributed by atoms with van der Waals surface area (Å²) in [7, 11) is 3.24. The molecular formula is C29H39N3O4. The lowest BCUT2D eigenvalue weighted by molar-refractivity contribution is -0.136. The Bertz CT molecular complexity index is 1110. The van der Waals surface area contributed by atoms with Crippen LogP contribution in [0.25, 0.3) is 0 Å². The summed E-state index contributed by atoms with van der Waals surface area (Å²) in [5.74, 6) is 0.618. The monoisotopic (exact) mass is 493 g/mol. The van der Waals surface area contributed by atoms with Crippen molar-refractivity contribution in [1.29, 1.82) is 0 Å². The number of nitrogens with zero attached hydrogens (tertiary/aromatic N) is 3. The highest BCUT2D eigenvalue weighted by atomic mass is 16.5. The van der Waals surface area contributed by atoms with E-state index in [2.05, 4.69) is 38.7 Å². The molecule has 194 valence electrons. The van der Waals surface area contributed by atoms with Gasteiger partial charge in [-0.15, -0.1) is 0 Å². The topological polar surface area (TPSA) is 62.3 Å². The molecule has 0 saturated carbocycles. The molecule has 7 heteroatoms. The number of ether oxygens (including phenoxy) is 2. The van der Waals surface area contributed by atoms with Gasteiger partial charge in [0.1, 0.15) is 11.3 Å². The molecule has 0 unspecified atom stereocenters. The molecule has 0 bridgehead atoms. The molecule has 7 nitrogen and oxygen atoms in total. The van der Waals surface area contributed by atoms with E-state index in [1.165, 1.54) is 32.7 Å². The van der Waals surface area contributed by atoms with Crippen molar-refractivity contribution in [3.05, 3.63) is 63.7 Å². The van der Waals surface area contributed by atoms with Crippen molar-refractivity contribution in [1.82, 2.24) is 14.7 Å². The van der Waals surface area contributed by atoms with Crippen molar-refractivity contribution in [3.63, 3.8) is 0 Å². The summed E-state index contributed by atoms with van der Waals surface area (Å²) in [6.45, 7) is 12.2. The molecule has 2 saturated heterocycles. The molecule has 0 aromatic heterocycles. The number of likely N-dealkylation sites (tertiary alicyclic amines) is 1. The SMILES string of the molecule is COCCN1C(=O)N(Cc2cccc(OC)c2)C(=O)C12CCN(Cc1c(C)c(C)cc(C)c1C)CC2. The van der Waals surface area contributed by atoms with Crippen LogP contribution in [0.4, 0.5) is 4.79 Å². The van der Waals surface area contributed by atoms with Crippen LogP contribution in [0.15, 0.2) is 30.3 Å². The molecule has 2 heterocycles. The van der Waals surface area contributed by atoms with Crippen LogP contribution in [0, 0.1) is 27.7 Å². The first kappa shape index (κ1) is 26.2. The molecule has 2 aromatic carbocycles. The Morgan fingerprint density at radius 2 is 1.58 bits per heavy atom. The van der Waals surface area contributed by atoms with Crippen molar-refractivity contribution in [3.8, 4) is 5.75 Å². The average molecular weight is 494 g/mol. The van der Waals surface area contributed by atoms with E-state index in [4.69, 9.17) is 9.47 Å². The number of rotatable bonds is 8. The number of carbonyl (C=O) groups is 2. The highest BCUT2D eigenvalue weighted by Gasteiger charge is 2.57. The number of carbonyl (C=O) groups excluding carboxylic acids is 2. The van der Waals surface area contributed by atoms with Gasteiger partial charge in [-0.25, -0.2) is 4.79 Å². The lowest BCUT2D eigenvalue weighted by atomic mass is 9.85. The number of benzene rings is 2. The van der Waals surface area contributed by atoms with Gasteiger partial charge in [0.15, 0.2) is 0 Å². The van der Waals surface area contributed by atoms with Crippen LogP contribution in [0.1, 0.15) is 46.2 Å². The fraction of sp³-hybridized carbons (Fsp3) is 0.517. The number of amides is 3. The van der Waals surface area contributed by atoms with E-state index < -0.39 is 5.54 Å². The lowest BCUT2D eigenvalue weighted by Crippen LogP contribution is -2.57. The summed E-state index contributed by atoms with van der Waals surface area (Å²) in [6, 6.07) is 9.57. The van der Waals surface area contributed by atoms with Crippen LogP contribution >= 0.6 is 0 Å². The summed E-state index contributed by atoms with van der Waals surface area (Å²) in [5, 5.41) is 0. The Morgan fingerprint density at radius 1 is 0.917 bits per heavy atom. The predicted octanol–water partition coefficient (Wildman–Crippen LogP) is 4.37. The molecular weight excluding hydrogens is 454 g/mol. The van der Waals surface area contributed by atoms with Gasteiger partial charge in [-0.3, -0.25) is 14.6 Å². The van der Waals surface area contributed by atoms with Crippen LogP contribution in [0.3, 0.4) is 0 Å². The van der Waals surface area contributed by atoms with E-state index in [1.54, 1.807) is 19.1 Å². The fourth-order valence-corrected chi connectivity index (χ4v) is 5.69. The van der Waals surface area contributed by atoms with Crippen molar-refractivity contribution in [2.45, 2.75) is 59.2 Å². The summed E-state index contributed by atoms with van der Waals surface area (Å²) in [4.78, 5) is 33.0. The van der Waals surface area contributed by atoms with Gasteiger partial charge in [-0.05, 0) is 86.1 Å². The van der Waals surface area contributed by atoms with Gasteiger partial charge in [-0.1, -0.05) is 18.2 Å². The number of piperidine rings is 1. The van der Waals surface area contributed by atoms with Gasteiger partial charge in [0.05, 0.1) is 20.3 Å². The molecule has 0 aliphatic carbocycles. The van der Waals surface area contributed by atoms with Gasteiger partial charge in [-0.2, -0.15) is 0 Å². The maximum Gasteiger partial charge on any atom is 0.328 e. The Morgan fingerprint density at radius 3 is 2.19 bits per heavy atom. The number of urea groups is 1. The van der Waals surface area contributed by atoms with Crippen molar-refractivity contribution in [2.24, 2.45) is 0 Å². The highest BCUT2D eigenvalue weighted by molar-refractivity contribution is 6.07. The smallest absolute Gasteiger partial charge is 0.328 e. The molecule has 0 N–H and O–H groups in total. The number of aryl methyl sites for hydroxylation is 2. The Balaban J connectivity index is 1.54. The van der Waals surface area contributed by atoms with Crippen molar-refractivity contribution in [2.75, 3.05) is 40.5 Å². The molecule has 4 rings (SSSR count). The second-order valence-corrected chi connectivity index (χ2v) is 10.2. The molecule has 1 spiro atoms. The standard InChI is InChI=1S/C29H39N3O4/c1-20-16-21(2)23(4)26(22(20)3)19-30-12-10-29(11-13-30)27(33)31(28(34)32(29)14-15-35-5)18-24-8-7-9-25(17-24)36-6/h7-9,16-17H,10-15,18-19H2,1-6H3. The molecule has 0 atom stereocenters. The fourth-order valence-electron chi connectivity index (χ4n) is 5.69. The van der Waals surface area contributed by atoms with Crippen LogP contribution in [0.2, 0.25) is 0 Å². The maximum atomic E-state index is 13.9. The van der Waals surface area contributed by atoms with Crippen LogP contribution < -0.4 is 4.74 Å². The first-order valence-electron chi connectivity index (χ1n) is 12.8.